The van der Waals surface area contributed by atoms with Gasteiger partial charge in [0.1, 0.15) is 11.6 Å². The predicted octanol–water partition coefficient (Wildman–Crippen LogP) is 1.12. The summed E-state index contributed by atoms with van der Waals surface area (Å²) in [5.74, 6) is -0.205. The van der Waals surface area contributed by atoms with Crippen LogP contribution in [0.1, 0.15) is 46.5 Å². The molecule has 1 atom stereocenters. The number of nitrogens with one attached hydrogen (secondary N) is 1. The van der Waals surface area contributed by atoms with Crippen molar-refractivity contribution in [1.82, 2.24) is 15.1 Å². The number of ether oxygens (including phenoxy) is 1. The number of carbonyl (C=O) groups excluding carboxylic acids is 3. The van der Waals surface area contributed by atoms with Gasteiger partial charge in [-0.2, -0.15) is 0 Å². The number of nitrogens with zero attached hydrogens (tertiary/aromatic N) is 2. The van der Waals surface area contributed by atoms with Crippen molar-refractivity contribution >= 4 is 17.9 Å². The molecule has 1 N–H and O–H groups in total. The van der Waals surface area contributed by atoms with Gasteiger partial charge in [0.25, 0.3) is 0 Å². The van der Waals surface area contributed by atoms with Gasteiger partial charge in [0.15, 0.2) is 0 Å². The summed E-state index contributed by atoms with van der Waals surface area (Å²) in [5.41, 5.74) is -0.604. The average Bonchev–Trinajstić information content (AvgIpc) is 2.95. The van der Waals surface area contributed by atoms with Crippen molar-refractivity contribution in [2.45, 2.75) is 58.1 Å². The maximum atomic E-state index is 12.5. The van der Waals surface area contributed by atoms with Crippen LogP contribution in [0.5, 0.6) is 0 Å². The first kappa shape index (κ1) is 17.6. The molecule has 0 saturated carbocycles. The quantitative estimate of drug-likeness (QED) is 0.843. The van der Waals surface area contributed by atoms with E-state index in [1.54, 1.807) is 30.6 Å². The molecular weight excluding hydrogens is 298 g/mol. The predicted molar refractivity (Wildman–Crippen MR) is 84.8 cm³/mol. The highest BCUT2D eigenvalue weighted by atomic mass is 16.6. The number of hydrogen-bond donors (Lipinski definition) is 1. The van der Waals surface area contributed by atoms with Crippen LogP contribution in [0, 0.1) is 0 Å². The lowest BCUT2D eigenvalue weighted by Gasteiger charge is -2.33. The molecule has 2 heterocycles. The fraction of sp³-hybridized carbons (Fsp3) is 0.812. The molecule has 0 aromatic heterocycles. The first-order valence-electron chi connectivity index (χ1n) is 8.32. The lowest BCUT2D eigenvalue weighted by Crippen LogP contribution is -2.55. The molecule has 2 aliphatic rings. The number of rotatable bonds is 3. The fourth-order valence-electron chi connectivity index (χ4n) is 2.91. The Hall–Kier alpha value is -1.79. The third-order valence-electron chi connectivity index (χ3n) is 4.01. The molecule has 0 unspecified atom stereocenters. The van der Waals surface area contributed by atoms with E-state index in [9.17, 15) is 14.4 Å². The van der Waals surface area contributed by atoms with Crippen LogP contribution in [0.3, 0.4) is 0 Å². The van der Waals surface area contributed by atoms with Gasteiger partial charge in [-0.3, -0.25) is 9.59 Å². The minimum absolute atomic E-state index is 0.00577. The zero-order valence-corrected chi connectivity index (χ0v) is 14.3. The molecule has 0 aromatic carbocycles. The van der Waals surface area contributed by atoms with Gasteiger partial charge in [0.05, 0.1) is 6.54 Å². The molecule has 130 valence electrons. The third-order valence-corrected chi connectivity index (χ3v) is 4.01. The number of likely N-dealkylation sites (tertiary alicyclic amines) is 2. The summed E-state index contributed by atoms with van der Waals surface area (Å²) in [7, 11) is 0. The Labute approximate surface area is 137 Å². The van der Waals surface area contributed by atoms with Crippen LogP contribution in [0.2, 0.25) is 0 Å². The van der Waals surface area contributed by atoms with Crippen LogP contribution >= 0.6 is 0 Å². The van der Waals surface area contributed by atoms with Crippen molar-refractivity contribution in [3.05, 3.63) is 0 Å². The van der Waals surface area contributed by atoms with Gasteiger partial charge < -0.3 is 19.9 Å². The molecule has 0 spiro atoms. The zero-order chi connectivity index (χ0) is 17.0. The van der Waals surface area contributed by atoms with Crippen LogP contribution in [-0.2, 0) is 14.3 Å². The summed E-state index contributed by atoms with van der Waals surface area (Å²) in [6, 6.07) is -0.607. The first-order valence-corrected chi connectivity index (χ1v) is 8.32. The van der Waals surface area contributed by atoms with E-state index < -0.39 is 17.7 Å². The third kappa shape index (κ3) is 5.11. The first-order chi connectivity index (χ1) is 10.8. The molecule has 0 bridgehead atoms. The van der Waals surface area contributed by atoms with E-state index in [0.717, 1.165) is 32.4 Å². The van der Waals surface area contributed by atoms with E-state index in [2.05, 4.69) is 5.32 Å². The molecule has 7 nitrogen and oxygen atoms in total. The molecule has 2 saturated heterocycles. The summed E-state index contributed by atoms with van der Waals surface area (Å²) in [5, 5.41) is 2.62. The van der Waals surface area contributed by atoms with E-state index in [1.807, 2.05) is 0 Å². The number of amides is 3. The van der Waals surface area contributed by atoms with E-state index in [1.165, 1.54) is 0 Å². The van der Waals surface area contributed by atoms with Crippen LogP contribution in [0.15, 0.2) is 0 Å². The minimum Gasteiger partial charge on any atom is -0.444 e. The second-order valence-corrected chi connectivity index (χ2v) is 7.19. The summed E-state index contributed by atoms with van der Waals surface area (Å²) in [4.78, 5) is 39.8. The molecule has 2 fully saturated rings. The Morgan fingerprint density at radius 2 is 1.83 bits per heavy atom. The van der Waals surface area contributed by atoms with E-state index >= 15 is 0 Å². The van der Waals surface area contributed by atoms with Gasteiger partial charge in [0, 0.05) is 19.6 Å². The number of piperidine rings is 1. The van der Waals surface area contributed by atoms with Crippen LogP contribution in [0.25, 0.3) is 0 Å². The van der Waals surface area contributed by atoms with Crippen molar-refractivity contribution in [3.63, 3.8) is 0 Å². The van der Waals surface area contributed by atoms with Gasteiger partial charge in [-0.15, -0.1) is 0 Å². The Morgan fingerprint density at radius 3 is 2.43 bits per heavy atom. The van der Waals surface area contributed by atoms with Gasteiger partial charge >= 0.3 is 6.09 Å². The lowest BCUT2D eigenvalue weighted by molar-refractivity contribution is -0.143. The van der Waals surface area contributed by atoms with Crippen molar-refractivity contribution < 1.29 is 19.1 Å². The van der Waals surface area contributed by atoms with Crippen molar-refractivity contribution in [1.29, 1.82) is 0 Å². The standard InChI is InChI=1S/C16H27N3O4/c1-16(2,3)23-15(22)17-12-7-6-10-19(14(12)21)11-13(20)18-8-4-5-9-18/h12H,4-11H2,1-3H3,(H,17,22)/t12-/m1/s1. The SMILES string of the molecule is CC(C)(C)OC(=O)N[C@@H]1CCCN(CC(=O)N2CCCC2)C1=O. The molecule has 0 aromatic rings. The molecular formula is C16H27N3O4. The van der Waals surface area contributed by atoms with Gasteiger partial charge in [-0.1, -0.05) is 0 Å². The minimum atomic E-state index is -0.607. The van der Waals surface area contributed by atoms with Crippen molar-refractivity contribution in [2.75, 3.05) is 26.2 Å². The molecule has 2 rings (SSSR count). The van der Waals surface area contributed by atoms with Crippen LogP contribution in [-0.4, -0.2) is 65.5 Å². The topological polar surface area (TPSA) is 79.0 Å². The number of carbonyl (C=O) groups is 3. The van der Waals surface area contributed by atoms with Gasteiger partial charge in [-0.25, -0.2) is 4.79 Å². The largest absolute Gasteiger partial charge is 0.444 e. The molecule has 0 aliphatic carbocycles. The molecule has 7 heteroatoms. The summed E-state index contributed by atoms with van der Waals surface area (Å²) < 4.78 is 5.19. The second-order valence-electron chi connectivity index (χ2n) is 7.19. The molecule has 2 aliphatic heterocycles. The maximum absolute atomic E-state index is 12.5. The van der Waals surface area contributed by atoms with Crippen molar-refractivity contribution in [3.8, 4) is 0 Å². The van der Waals surface area contributed by atoms with E-state index in [-0.39, 0.29) is 18.4 Å². The van der Waals surface area contributed by atoms with Gasteiger partial charge in [-0.05, 0) is 46.5 Å². The van der Waals surface area contributed by atoms with Crippen molar-refractivity contribution in [2.24, 2.45) is 0 Å². The second kappa shape index (κ2) is 7.19. The molecule has 3 amide bonds. The molecule has 23 heavy (non-hydrogen) atoms. The lowest BCUT2D eigenvalue weighted by atomic mass is 10.0. The summed E-state index contributed by atoms with van der Waals surface area (Å²) >= 11 is 0. The Morgan fingerprint density at radius 1 is 1.17 bits per heavy atom. The summed E-state index contributed by atoms with van der Waals surface area (Å²) in [6.45, 7) is 7.54. The monoisotopic (exact) mass is 325 g/mol. The number of alkyl carbamates (subject to hydrolysis) is 1. The van der Waals surface area contributed by atoms with Crippen LogP contribution < -0.4 is 5.32 Å². The summed E-state index contributed by atoms with van der Waals surface area (Å²) in [6.07, 6.45) is 2.81. The fourth-order valence-corrected chi connectivity index (χ4v) is 2.91. The maximum Gasteiger partial charge on any atom is 0.408 e. The smallest absolute Gasteiger partial charge is 0.408 e. The normalized spacial score (nSPS) is 22.2. The highest BCUT2D eigenvalue weighted by molar-refractivity contribution is 5.90. The average molecular weight is 325 g/mol. The Balaban J connectivity index is 1.87. The van der Waals surface area contributed by atoms with E-state index in [4.69, 9.17) is 4.74 Å². The van der Waals surface area contributed by atoms with E-state index in [0.29, 0.717) is 13.0 Å². The highest BCUT2D eigenvalue weighted by Gasteiger charge is 2.33. The Bertz CT molecular complexity index is 466. The number of hydrogen-bond acceptors (Lipinski definition) is 4. The zero-order valence-electron chi connectivity index (χ0n) is 14.3. The van der Waals surface area contributed by atoms with Gasteiger partial charge in [0.2, 0.25) is 11.8 Å². The van der Waals surface area contributed by atoms with Crippen LogP contribution in [0.4, 0.5) is 4.79 Å². The highest BCUT2D eigenvalue weighted by Crippen LogP contribution is 2.15. The molecule has 0 radical (unpaired) electrons. The Kier molecular flexibility index (Phi) is 5.49.